The van der Waals surface area contributed by atoms with Crippen LogP contribution in [0.5, 0.6) is 0 Å². The largest absolute Gasteiger partial charge is 0.444 e. The number of amides is 2. The third-order valence-corrected chi connectivity index (χ3v) is 7.29. The van der Waals surface area contributed by atoms with Crippen LogP contribution < -0.4 is 10.6 Å². The Morgan fingerprint density at radius 3 is 1.40 bits per heavy atom. The molecule has 2 aliphatic carbocycles. The number of carbonyl (C=O) groups excluding carboxylic acids is 6. The molecule has 0 saturated heterocycles. The van der Waals surface area contributed by atoms with E-state index in [0.717, 1.165) is 0 Å². The van der Waals surface area contributed by atoms with Crippen molar-refractivity contribution in [3.63, 3.8) is 0 Å². The number of ether oxygens (including phenoxy) is 1. The molecule has 0 unspecified atom stereocenters. The maximum Gasteiger partial charge on any atom is 0.412 e. The van der Waals surface area contributed by atoms with Gasteiger partial charge in [0.05, 0.1) is 22.5 Å². The molecule has 43 heavy (non-hydrogen) atoms. The molecule has 6 rings (SSSR count). The fraction of sp³-hybridized carbons (Fsp3) is 0.118. The molecule has 0 aliphatic heterocycles. The minimum atomic E-state index is -0.823. The topological polar surface area (TPSA) is 136 Å². The second-order valence-electron chi connectivity index (χ2n) is 11.1. The molecule has 2 aliphatic rings. The summed E-state index contributed by atoms with van der Waals surface area (Å²) in [4.78, 5) is 79.8. The molecule has 0 spiro atoms. The van der Waals surface area contributed by atoms with Crippen molar-refractivity contribution in [2.75, 3.05) is 10.6 Å². The first kappa shape index (κ1) is 27.5. The van der Waals surface area contributed by atoms with Gasteiger partial charge in [0.15, 0.2) is 23.1 Å². The molecular formula is C34H24N2O7. The molecule has 0 heterocycles. The smallest absolute Gasteiger partial charge is 0.412 e. The Hall–Kier alpha value is -5.70. The molecule has 0 saturated carbocycles. The SMILES string of the molecule is CC(C)(C)OC(=O)Nc1ccc(-c2ccc(NC=O)c3c2C(=O)c2ccccc2C3=O)c2c1C(=O)c1ccccc1C2=O. The van der Waals surface area contributed by atoms with E-state index in [9.17, 15) is 28.8 Å². The van der Waals surface area contributed by atoms with Crippen LogP contribution in [-0.2, 0) is 9.53 Å². The maximum atomic E-state index is 14.1. The van der Waals surface area contributed by atoms with E-state index in [0.29, 0.717) is 6.41 Å². The number of nitrogens with one attached hydrogen (secondary N) is 2. The standard InChI is InChI=1S/C34H24N2O7/c1-34(2,3)43-33(42)36-24-15-13-18(26-28(24)32(41)22-11-7-5-9-20(22)30(26)39)17-12-14-23(35-16-37)27-25(17)29(38)19-8-4-6-10-21(19)31(27)40/h4-16H,1-3H3,(H,35,37)(H,36,42). The molecule has 9 nitrogen and oxygen atoms in total. The van der Waals surface area contributed by atoms with Gasteiger partial charge in [-0.1, -0.05) is 60.7 Å². The van der Waals surface area contributed by atoms with Gasteiger partial charge in [0.25, 0.3) is 0 Å². The summed E-state index contributed by atoms with van der Waals surface area (Å²) in [5.41, 5.74) is 0.363. The van der Waals surface area contributed by atoms with Crippen LogP contribution in [0, 0.1) is 0 Å². The lowest BCUT2D eigenvalue weighted by Crippen LogP contribution is -2.29. The monoisotopic (exact) mass is 572 g/mol. The minimum Gasteiger partial charge on any atom is -0.444 e. The highest BCUT2D eigenvalue weighted by molar-refractivity contribution is 6.35. The van der Waals surface area contributed by atoms with Crippen LogP contribution in [0.15, 0.2) is 72.8 Å². The summed E-state index contributed by atoms with van der Waals surface area (Å²) in [6.07, 6.45) is -0.410. The third-order valence-electron chi connectivity index (χ3n) is 7.29. The molecule has 9 heteroatoms. The normalized spacial score (nSPS) is 13.4. The van der Waals surface area contributed by atoms with E-state index >= 15 is 0 Å². The lowest BCUT2D eigenvalue weighted by Gasteiger charge is -2.27. The van der Waals surface area contributed by atoms with E-state index < -0.39 is 34.8 Å². The van der Waals surface area contributed by atoms with Crippen molar-refractivity contribution in [1.29, 1.82) is 0 Å². The molecular weight excluding hydrogens is 548 g/mol. The highest BCUT2D eigenvalue weighted by Gasteiger charge is 2.38. The molecule has 212 valence electrons. The van der Waals surface area contributed by atoms with Crippen molar-refractivity contribution >= 4 is 47.0 Å². The van der Waals surface area contributed by atoms with E-state index in [1.807, 2.05) is 0 Å². The first-order valence-electron chi connectivity index (χ1n) is 13.4. The Labute approximate surface area is 245 Å². The molecule has 0 bridgehead atoms. The van der Waals surface area contributed by atoms with Gasteiger partial charge in [-0.2, -0.15) is 0 Å². The molecule has 0 radical (unpaired) electrons. The van der Waals surface area contributed by atoms with Crippen LogP contribution in [0.4, 0.5) is 16.2 Å². The van der Waals surface area contributed by atoms with E-state index in [1.165, 1.54) is 48.5 Å². The maximum absolute atomic E-state index is 14.1. The predicted molar refractivity (Wildman–Crippen MR) is 158 cm³/mol. The number of hydrogen-bond acceptors (Lipinski definition) is 7. The first-order valence-corrected chi connectivity index (χ1v) is 13.4. The van der Waals surface area contributed by atoms with Crippen molar-refractivity contribution in [2.24, 2.45) is 0 Å². The zero-order valence-electron chi connectivity index (χ0n) is 23.4. The summed E-state index contributed by atoms with van der Waals surface area (Å²) < 4.78 is 5.38. The quantitative estimate of drug-likeness (QED) is 0.254. The fourth-order valence-electron chi connectivity index (χ4n) is 5.60. The number of anilines is 2. The van der Waals surface area contributed by atoms with Crippen molar-refractivity contribution in [1.82, 2.24) is 0 Å². The van der Waals surface area contributed by atoms with Crippen molar-refractivity contribution < 1.29 is 33.5 Å². The van der Waals surface area contributed by atoms with E-state index in [2.05, 4.69) is 10.6 Å². The van der Waals surface area contributed by atoms with Crippen LogP contribution in [0.25, 0.3) is 11.1 Å². The second kappa shape index (κ2) is 9.99. The average Bonchev–Trinajstić information content (AvgIpc) is 2.97. The molecule has 4 aromatic carbocycles. The third kappa shape index (κ3) is 4.42. The van der Waals surface area contributed by atoms with Gasteiger partial charge in [-0.3, -0.25) is 29.3 Å². The highest BCUT2D eigenvalue weighted by Crippen LogP contribution is 2.43. The Kier molecular flexibility index (Phi) is 6.38. The predicted octanol–water partition coefficient (Wildman–Crippen LogP) is 5.82. The lowest BCUT2D eigenvalue weighted by atomic mass is 9.75. The van der Waals surface area contributed by atoms with E-state index in [1.54, 1.807) is 45.0 Å². The summed E-state index contributed by atoms with van der Waals surface area (Å²) in [6.45, 7) is 5.08. The Morgan fingerprint density at radius 1 is 0.581 bits per heavy atom. The van der Waals surface area contributed by atoms with Crippen molar-refractivity contribution in [3.05, 3.63) is 117 Å². The molecule has 0 atom stereocenters. The minimum absolute atomic E-state index is 0.00953. The summed E-state index contributed by atoms with van der Waals surface area (Å²) in [5.74, 6) is -1.94. The van der Waals surface area contributed by atoms with Gasteiger partial charge in [-0.25, -0.2) is 4.79 Å². The number of carbonyl (C=O) groups is 6. The molecule has 4 aromatic rings. The van der Waals surface area contributed by atoms with Crippen LogP contribution >= 0.6 is 0 Å². The van der Waals surface area contributed by atoms with E-state index in [-0.39, 0.29) is 67.0 Å². The zero-order chi connectivity index (χ0) is 30.6. The average molecular weight is 573 g/mol. The highest BCUT2D eigenvalue weighted by atomic mass is 16.6. The van der Waals surface area contributed by atoms with Gasteiger partial charge in [0.2, 0.25) is 6.41 Å². The van der Waals surface area contributed by atoms with Crippen LogP contribution in [0.3, 0.4) is 0 Å². The van der Waals surface area contributed by atoms with Gasteiger partial charge in [0, 0.05) is 33.4 Å². The second-order valence-corrected chi connectivity index (χ2v) is 11.1. The number of fused-ring (bicyclic) bond motifs is 4. The Balaban J connectivity index is 1.63. The summed E-state index contributed by atoms with van der Waals surface area (Å²) in [6, 6.07) is 18.7. The Bertz CT molecular complexity index is 1950. The lowest BCUT2D eigenvalue weighted by molar-refractivity contribution is -0.105. The summed E-state index contributed by atoms with van der Waals surface area (Å²) in [7, 11) is 0. The number of ketones is 4. The Morgan fingerprint density at radius 2 is 0.977 bits per heavy atom. The van der Waals surface area contributed by atoms with Crippen LogP contribution in [0.1, 0.15) is 84.5 Å². The van der Waals surface area contributed by atoms with Gasteiger partial charge >= 0.3 is 6.09 Å². The number of rotatable bonds is 4. The zero-order valence-corrected chi connectivity index (χ0v) is 23.4. The van der Waals surface area contributed by atoms with Crippen LogP contribution in [0.2, 0.25) is 0 Å². The van der Waals surface area contributed by atoms with E-state index in [4.69, 9.17) is 4.74 Å². The van der Waals surface area contributed by atoms with Gasteiger partial charge in [-0.15, -0.1) is 0 Å². The first-order chi connectivity index (χ1) is 20.5. The van der Waals surface area contributed by atoms with Gasteiger partial charge in [-0.05, 0) is 44.0 Å². The summed E-state index contributed by atoms with van der Waals surface area (Å²) in [5, 5.41) is 5.10. The number of benzene rings is 4. The molecule has 2 N–H and O–H groups in total. The summed E-state index contributed by atoms with van der Waals surface area (Å²) >= 11 is 0. The van der Waals surface area contributed by atoms with Gasteiger partial charge in [0.1, 0.15) is 5.60 Å². The number of hydrogen-bond donors (Lipinski definition) is 2. The fourth-order valence-corrected chi connectivity index (χ4v) is 5.60. The van der Waals surface area contributed by atoms with Crippen molar-refractivity contribution in [2.45, 2.75) is 26.4 Å². The van der Waals surface area contributed by atoms with Crippen LogP contribution in [-0.4, -0.2) is 41.2 Å². The van der Waals surface area contributed by atoms with Gasteiger partial charge < -0.3 is 10.1 Å². The molecule has 2 amide bonds. The van der Waals surface area contributed by atoms with Crippen molar-refractivity contribution in [3.8, 4) is 11.1 Å². The molecule has 0 fully saturated rings. The molecule has 0 aromatic heterocycles.